The molecule has 202 valence electrons. The number of unbranched alkanes of at least 4 members (excludes halogenated alkanes) is 14. The molecule has 37 heavy (non-hydrogen) atoms. The highest BCUT2D eigenvalue weighted by Crippen LogP contribution is 2.15. The van der Waals surface area contributed by atoms with E-state index in [4.69, 9.17) is 4.74 Å². The van der Waals surface area contributed by atoms with E-state index in [0.29, 0.717) is 17.7 Å². The molecule has 2 rings (SSSR count). The summed E-state index contributed by atoms with van der Waals surface area (Å²) in [4.78, 5) is 24.1. The summed E-state index contributed by atoms with van der Waals surface area (Å²) in [7, 11) is 0. The SMILES string of the molecule is CCCCCCCCCCCCCCCCCC(=O)NN=Cc1ccc(OC(=O)c2ccccc2)cc1. The predicted octanol–water partition coefficient (Wildman–Crippen LogP) is 8.62. The predicted molar refractivity (Wildman–Crippen MR) is 153 cm³/mol. The number of amides is 1. The average molecular weight is 507 g/mol. The summed E-state index contributed by atoms with van der Waals surface area (Å²) in [6.45, 7) is 2.27. The summed E-state index contributed by atoms with van der Waals surface area (Å²) < 4.78 is 5.36. The normalized spacial score (nSPS) is 11.1. The van der Waals surface area contributed by atoms with Gasteiger partial charge < -0.3 is 4.74 Å². The summed E-state index contributed by atoms with van der Waals surface area (Å²) in [6, 6.07) is 15.9. The van der Waals surface area contributed by atoms with Gasteiger partial charge in [0.1, 0.15) is 5.75 Å². The first kappa shape index (κ1) is 30.3. The van der Waals surface area contributed by atoms with Crippen LogP contribution in [0.5, 0.6) is 5.75 Å². The number of esters is 1. The maximum atomic E-state index is 12.1. The highest BCUT2D eigenvalue weighted by Gasteiger charge is 2.07. The number of rotatable bonds is 20. The van der Waals surface area contributed by atoms with Crippen molar-refractivity contribution in [1.82, 2.24) is 5.43 Å². The first-order chi connectivity index (χ1) is 18.2. The van der Waals surface area contributed by atoms with Crippen molar-refractivity contribution in [3.8, 4) is 5.75 Å². The quantitative estimate of drug-likeness (QED) is 0.0642. The Morgan fingerprint density at radius 2 is 1.22 bits per heavy atom. The average Bonchev–Trinajstić information content (AvgIpc) is 2.92. The van der Waals surface area contributed by atoms with Gasteiger partial charge in [-0.2, -0.15) is 5.10 Å². The zero-order valence-electron chi connectivity index (χ0n) is 22.8. The lowest BCUT2D eigenvalue weighted by atomic mass is 10.0. The summed E-state index contributed by atoms with van der Waals surface area (Å²) in [5, 5.41) is 4.04. The van der Waals surface area contributed by atoms with E-state index in [1.165, 1.54) is 83.5 Å². The summed E-state index contributed by atoms with van der Waals surface area (Å²) >= 11 is 0. The van der Waals surface area contributed by atoms with Crippen molar-refractivity contribution in [2.24, 2.45) is 5.10 Å². The minimum atomic E-state index is -0.395. The van der Waals surface area contributed by atoms with Gasteiger partial charge in [0.15, 0.2) is 0 Å². The van der Waals surface area contributed by atoms with E-state index in [1.807, 2.05) is 6.07 Å². The van der Waals surface area contributed by atoms with Gasteiger partial charge in [0.2, 0.25) is 5.91 Å². The Hall–Kier alpha value is -2.95. The fourth-order valence-electron chi connectivity index (χ4n) is 4.25. The van der Waals surface area contributed by atoms with Crippen LogP contribution in [0.4, 0.5) is 0 Å². The molecule has 0 unspecified atom stereocenters. The Labute approximate surface area is 224 Å². The number of nitrogens with zero attached hydrogens (tertiary/aromatic N) is 1. The van der Waals surface area contributed by atoms with Crippen LogP contribution >= 0.6 is 0 Å². The Morgan fingerprint density at radius 1 is 0.703 bits per heavy atom. The molecule has 0 saturated carbocycles. The van der Waals surface area contributed by atoms with Gasteiger partial charge in [0.25, 0.3) is 0 Å². The molecule has 0 atom stereocenters. The lowest BCUT2D eigenvalue weighted by Gasteiger charge is -2.04. The highest BCUT2D eigenvalue weighted by atomic mass is 16.5. The summed E-state index contributed by atoms with van der Waals surface area (Å²) in [6.07, 6.45) is 21.8. The van der Waals surface area contributed by atoms with Gasteiger partial charge in [0.05, 0.1) is 11.8 Å². The van der Waals surface area contributed by atoms with Gasteiger partial charge in [-0.1, -0.05) is 115 Å². The molecule has 0 bridgehead atoms. The van der Waals surface area contributed by atoms with Crippen LogP contribution in [0.25, 0.3) is 0 Å². The number of hydrogen-bond acceptors (Lipinski definition) is 4. The van der Waals surface area contributed by atoms with Gasteiger partial charge in [-0.25, -0.2) is 10.2 Å². The third-order valence-electron chi connectivity index (χ3n) is 6.51. The molecule has 0 aliphatic rings. The summed E-state index contributed by atoms with van der Waals surface area (Å²) in [5.74, 6) is 0.00985. The molecule has 1 N–H and O–H groups in total. The number of benzene rings is 2. The van der Waals surface area contributed by atoms with Crippen molar-refractivity contribution in [3.05, 3.63) is 65.7 Å². The molecule has 0 aliphatic heterocycles. The minimum absolute atomic E-state index is 0.0562. The van der Waals surface area contributed by atoms with Gasteiger partial charge in [-0.15, -0.1) is 0 Å². The Bertz CT molecular complexity index is 894. The largest absolute Gasteiger partial charge is 0.423 e. The van der Waals surface area contributed by atoms with E-state index in [9.17, 15) is 9.59 Å². The topological polar surface area (TPSA) is 67.8 Å². The van der Waals surface area contributed by atoms with Crippen LogP contribution in [0.2, 0.25) is 0 Å². The third kappa shape index (κ3) is 15.0. The van der Waals surface area contributed by atoms with Gasteiger partial charge >= 0.3 is 5.97 Å². The first-order valence-electron chi connectivity index (χ1n) is 14.4. The second-order valence-electron chi connectivity index (χ2n) is 9.82. The van der Waals surface area contributed by atoms with Gasteiger partial charge in [-0.3, -0.25) is 4.79 Å². The minimum Gasteiger partial charge on any atom is -0.423 e. The van der Waals surface area contributed by atoms with Crippen LogP contribution < -0.4 is 10.2 Å². The monoisotopic (exact) mass is 506 g/mol. The van der Waals surface area contributed by atoms with E-state index in [0.717, 1.165) is 18.4 Å². The van der Waals surface area contributed by atoms with E-state index >= 15 is 0 Å². The molecule has 0 heterocycles. The maximum Gasteiger partial charge on any atom is 0.343 e. The Balaban J connectivity index is 1.44. The van der Waals surface area contributed by atoms with Crippen molar-refractivity contribution in [2.75, 3.05) is 0 Å². The fourth-order valence-corrected chi connectivity index (χ4v) is 4.25. The van der Waals surface area contributed by atoms with Crippen molar-refractivity contribution in [1.29, 1.82) is 0 Å². The maximum absolute atomic E-state index is 12.1. The number of hydrazone groups is 1. The number of carbonyl (C=O) groups excluding carboxylic acids is 2. The number of carbonyl (C=O) groups is 2. The molecular weight excluding hydrogens is 460 g/mol. The number of ether oxygens (including phenoxy) is 1. The van der Waals surface area contributed by atoms with Crippen LogP contribution in [0.15, 0.2) is 59.7 Å². The second-order valence-corrected chi connectivity index (χ2v) is 9.82. The lowest BCUT2D eigenvalue weighted by molar-refractivity contribution is -0.121. The molecule has 0 spiro atoms. The van der Waals surface area contributed by atoms with E-state index in [-0.39, 0.29) is 5.91 Å². The molecule has 2 aromatic carbocycles. The third-order valence-corrected chi connectivity index (χ3v) is 6.51. The first-order valence-corrected chi connectivity index (χ1v) is 14.4. The molecule has 2 aromatic rings. The van der Waals surface area contributed by atoms with Gasteiger partial charge in [0, 0.05) is 6.42 Å². The Morgan fingerprint density at radius 3 is 1.76 bits per heavy atom. The van der Waals surface area contributed by atoms with Crippen LogP contribution in [0.3, 0.4) is 0 Å². The van der Waals surface area contributed by atoms with Crippen LogP contribution in [-0.4, -0.2) is 18.1 Å². The van der Waals surface area contributed by atoms with Crippen molar-refractivity contribution in [3.63, 3.8) is 0 Å². The smallest absolute Gasteiger partial charge is 0.343 e. The second kappa shape index (κ2) is 20.1. The zero-order chi connectivity index (χ0) is 26.4. The van der Waals surface area contributed by atoms with Crippen LogP contribution in [-0.2, 0) is 4.79 Å². The molecule has 5 heteroatoms. The molecular formula is C32H46N2O3. The zero-order valence-corrected chi connectivity index (χ0v) is 22.8. The Kier molecular flexibility index (Phi) is 16.5. The molecule has 5 nitrogen and oxygen atoms in total. The summed E-state index contributed by atoms with van der Waals surface area (Å²) in [5.41, 5.74) is 3.91. The van der Waals surface area contributed by atoms with Crippen LogP contribution in [0, 0.1) is 0 Å². The molecule has 0 aromatic heterocycles. The fraction of sp³-hybridized carbons (Fsp3) is 0.531. The lowest BCUT2D eigenvalue weighted by Crippen LogP contribution is -2.16. The van der Waals surface area contributed by atoms with Crippen LogP contribution in [0.1, 0.15) is 126 Å². The van der Waals surface area contributed by atoms with E-state index in [2.05, 4.69) is 17.5 Å². The van der Waals surface area contributed by atoms with Crippen molar-refractivity contribution >= 4 is 18.1 Å². The van der Waals surface area contributed by atoms with Gasteiger partial charge in [-0.05, 0) is 48.4 Å². The molecule has 0 radical (unpaired) electrons. The molecule has 0 fully saturated rings. The molecule has 1 amide bonds. The molecule has 0 aliphatic carbocycles. The van der Waals surface area contributed by atoms with Crippen molar-refractivity contribution < 1.29 is 14.3 Å². The number of nitrogens with one attached hydrogen (secondary N) is 1. The standard InChI is InChI=1S/C32H46N2O3/c1-2-3-4-5-6-7-8-9-10-11-12-13-14-15-19-22-31(35)34-33-27-28-23-25-30(26-24-28)37-32(36)29-20-17-16-18-21-29/h16-18,20-21,23-27H,2-15,19,22H2,1H3,(H,34,35). The van der Waals surface area contributed by atoms with E-state index in [1.54, 1.807) is 54.7 Å². The van der Waals surface area contributed by atoms with Crippen molar-refractivity contribution in [2.45, 2.75) is 110 Å². The highest BCUT2D eigenvalue weighted by molar-refractivity contribution is 5.91. The molecule has 0 saturated heterocycles. The number of hydrogen-bond donors (Lipinski definition) is 1. The van der Waals surface area contributed by atoms with E-state index < -0.39 is 5.97 Å².